The first-order valence-electron chi connectivity index (χ1n) is 7.35. The third kappa shape index (κ3) is 2.75. The van der Waals surface area contributed by atoms with Crippen LogP contribution in [0.25, 0.3) is 10.8 Å². The molecule has 6 nitrogen and oxygen atoms in total. The first-order valence-corrected chi connectivity index (χ1v) is 7.35. The van der Waals surface area contributed by atoms with Crippen LogP contribution in [0.4, 0.5) is 5.69 Å². The van der Waals surface area contributed by atoms with Crippen LogP contribution in [-0.4, -0.2) is 36.2 Å². The van der Waals surface area contributed by atoms with Gasteiger partial charge in [-0.05, 0) is 35.4 Å². The minimum atomic E-state index is -0.799. The summed E-state index contributed by atoms with van der Waals surface area (Å²) < 4.78 is 0. The summed E-state index contributed by atoms with van der Waals surface area (Å²) in [5.74, 6) is -2.25. The molecule has 2 aromatic carbocycles. The van der Waals surface area contributed by atoms with Gasteiger partial charge in [-0.15, -0.1) is 0 Å². The molecule has 1 aliphatic carbocycles. The fourth-order valence-corrected chi connectivity index (χ4v) is 3.01. The van der Waals surface area contributed by atoms with Crippen molar-refractivity contribution in [2.75, 3.05) is 18.9 Å². The Morgan fingerprint density at radius 1 is 1.13 bits per heavy atom. The quantitative estimate of drug-likeness (QED) is 0.822. The molecule has 0 aromatic heterocycles. The Labute approximate surface area is 133 Å². The van der Waals surface area contributed by atoms with Crippen molar-refractivity contribution in [3.8, 4) is 0 Å². The zero-order valence-corrected chi connectivity index (χ0v) is 12.8. The fraction of sp³-hybridized carbons (Fsp3) is 0.235. The third-order valence-electron chi connectivity index (χ3n) is 4.06. The van der Waals surface area contributed by atoms with Crippen LogP contribution in [0.15, 0.2) is 30.3 Å². The molecule has 0 saturated heterocycles. The Morgan fingerprint density at radius 3 is 2.52 bits per heavy atom. The summed E-state index contributed by atoms with van der Waals surface area (Å²) in [6, 6.07) is 9.75. The van der Waals surface area contributed by atoms with E-state index in [1.807, 2.05) is 24.3 Å². The van der Waals surface area contributed by atoms with E-state index in [0.29, 0.717) is 5.69 Å². The molecule has 0 radical (unpaired) electrons. The number of nitrogens with zero attached hydrogens (tertiary/aromatic N) is 1. The van der Waals surface area contributed by atoms with Crippen LogP contribution < -0.4 is 11.1 Å². The predicted molar refractivity (Wildman–Crippen MR) is 86.8 cm³/mol. The highest BCUT2D eigenvalue weighted by atomic mass is 16.2. The van der Waals surface area contributed by atoms with Gasteiger partial charge in [0.15, 0.2) is 0 Å². The molecule has 0 saturated carbocycles. The maximum absolute atomic E-state index is 12.1. The molecular formula is C17H17N3O3. The van der Waals surface area contributed by atoms with Gasteiger partial charge < -0.3 is 16.0 Å². The minimum Gasteiger partial charge on any atom is -0.368 e. The predicted octanol–water partition coefficient (Wildman–Crippen LogP) is 0.821. The number of carbonyl (C=O) groups excluding carboxylic acids is 3. The van der Waals surface area contributed by atoms with Crippen molar-refractivity contribution in [3.63, 3.8) is 0 Å². The molecule has 1 aliphatic rings. The lowest BCUT2D eigenvalue weighted by molar-refractivity contribution is -0.143. The van der Waals surface area contributed by atoms with Crippen LogP contribution in [0.5, 0.6) is 0 Å². The van der Waals surface area contributed by atoms with Gasteiger partial charge in [0.1, 0.15) is 0 Å². The van der Waals surface area contributed by atoms with E-state index in [1.54, 1.807) is 0 Å². The number of hydrogen-bond acceptors (Lipinski definition) is 3. The monoisotopic (exact) mass is 311 g/mol. The van der Waals surface area contributed by atoms with Gasteiger partial charge in [-0.1, -0.05) is 24.3 Å². The maximum Gasteiger partial charge on any atom is 0.313 e. The molecule has 0 unspecified atom stereocenters. The number of anilines is 1. The summed E-state index contributed by atoms with van der Waals surface area (Å²) >= 11 is 0. The maximum atomic E-state index is 12.1. The Kier molecular flexibility index (Phi) is 3.73. The molecule has 3 rings (SSSR count). The molecule has 23 heavy (non-hydrogen) atoms. The normalized spacial score (nSPS) is 12.2. The third-order valence-corrected chi connectivity index (χ3v) is 4.06. The molecule has 3 amide bonds. The first kappa shape index (κ1) is 15.0. The fourth-order valence-electron chi connectivity index (χ4n) is 3.01. The van der Waals surface area contributed by atoms with Gasteiger partial charge in [0.05, 0.1) is 6.54 Å². The van der Waals surface area contributed by atoms with E-state index in [0.717, 1.165) is 28.5 Å². The summed E-state index contributed by atoms with van der Waals surface area (Å²) in [7, 11) is 1.36. The number of primary amides is 1. The number of nitrogens with one attached hydrogen (secondary N) is 1. The van der Waals surface area contributed by atoms with Crippen LogP contribution in [0.3, 0.4) is 0 Å². The molecule has 0 spiro atoms. The highest BCUT2D eigenvalue weighted by Gasteiger charge is 2.22. The van der Waals surface area contributed by atoms with Gasteiger partial charge in [-0.2, -0.15) is 0 Å². The van der Waals surface area contributed by atoms with Gasteiger partial charge >= 0.3 is 11.8 Å². The SMILES string of the molecule is CN(CC(N)=O)C(=O)C(=O)Nc1ccc2c3c(cccc13)CC2. The van der Waals surface area contributed by atoms with E-state index in [-0.39, 0.29) is 6.54 Å². The molecule has 6 heteroatoms. The number of likely N-dealkylation sites (N-methyl/N-ethyl adjacent to an activating group) is 1. The average molecular weight is 311 g/mol. The number of nitrogens with two attached hydrogens (primary N) is 1. The number of rotatable bonds is 3. The van der Waals surface area contributed by atoms with Crippen molar-refractivity contribution in [3.05, 3.63) is 41.5 Å². The molecule has 118 valence electrons. The van der Waals surface area contributed by atoms with Gasteiger partial charge in [-0.25, -0.2) is 0 Å². The molecular weight excluding hydrogens is 294 g/mol. The summed E-state index contributed by atoms with van der Waals surface area (Å²) in [4.78, 5) is 35.9. The van der Waals surface area contributed by atoms with E-state index in [2.05, 4.69) is 11.4 Å². The van der Waals surface area contributed by atoms with Crippen molar-refractivity contribution < 1.29 is 14.4 Å². The van der Waals surface area contributed by atoms with E-state index < -0.39 is 17.7 Å². The average Bonchev–Trinajstić information content (AvgIpc) is 2.93. The Bertz CT molecular complexity index is 819. The van der Waals surface area contributed by atoms with Crippen molar-refractivity contribution >= 4 is 34.2 Å². The summed E-state index contributed by atoms with van der Waals surface area (Å²) in [6.07, 6.45) is 1.98. The van der Waals surface area contributed by atoms with Gasteiger partial charge in [0, 0.05) is 18.1 Å². The topological polar surface area (TPSA) is 92.5 Å². The first-order chi connectivity index (χ1) is 11.0. The molecule has 0 bridgehead atoms. The van der Waals surface area contributed by atoms with Crippen molar-refractivity contribution in [2.24, 2.45) is 5.73 Å². The number of amides is 3. The lowest BCUT2D eigenvalue weighted by atomic mass is 10.0. The second-order valence-electron chi connectivity index (χ2n) is 5.69. The minimum absolute atomic E-state index is 0.296. The summed E-state index contributed by atoms with van der Waals surface area (Å²) in [6.45, 7) is -0.296. The Morgan fingerprint density at radius 2 is 1.83 bits per heavy atom. The van der Waals surface area contributed by atoms with Gasteiger partial charge in [0.25, 0.3) is 0 Å². The Balaban J connectivity index is 1.87. The molecule has 0 heterocycles. The molecule has 2 aromatic rings. The lowest BCUT2D eigenvalue weighted by Gasteiger charge is -2.15. The van der Waals surface area contributed by atoms with Gasteiger partial charge in [0.2, 0.25) is 5.91 Å². The molecule has 0 aliphatic heterocycles. The van der Waals surface area contributed by atoms with E-state index >= 15 is 0 Å². The summed E-state index contributed by atoms with van der Waals surface area (Å²) in [5.41, 5.74) is 8.14. The standard InChI is InChI=1S/C17H17N3O3/c1-20(9-14(18)21)17(23)16(22)19-13-8-7-11-6-5-10-3-2-4-12(13)15(10)11/h2-4,7-8H,5-6,9H2,1H3,(H2,18,21)(H,19,22). The van der Waals surface area contributed by atoms with Crippen LogP contribution in [0.1, 0.15) is 11.1 Å². The van der Waals surface area contributed by atoms with E-state index in [1.165, 1.54) is 18.2 Å². The van der Waals surface area contributed by atoms with Gasteiger partial charge in [-0.3, -0.25) is 14.4 Å². The second kappa shape index (κ2) is 5.72. The highest BCUT2D eigenvalue weighted by Crippen LogP contribution is 2.34. The van der Waals surface area contributed by atoms with Crippen LogP contribution in [-0.2, 0) is 27.2 Å². The number of aryl methyl sites for hydroxylation is 2. The zero-order valence-electron chi connectivity index (χ0n) is 12.8. The van der Waals surface area contributed by atoms with Crippen LogP contribution in [0.2, 0.25) is 0 Å². The summed E-state index contributed by atoms with van der Waals surface area (Å²) in [5, 5.41) is 4.72. The van der Waals surface area contributed by atoms with Crippen molar-refractivity contribution in [2.45, 2.75) is 12.8 Å². The highest BCUT2D eigenvalue weighted by molar-refractivity contribution is 6.40. The second-order valence-corrected chi connectivity index (χ2v) is 5.69. The van der Waals surface area contributed by atoms with E-state index in [4.69, 9.17) is 5.73 Å². The van der Waals surface area contributed by atoms with Crippen LogP contribution in [0, 0.1) is 0 Å². The lowest BCUT2D eigenvalue weighted by Crippen LogP contribution is -2.41. The van der Waals surface area contributed by atoms with Crippen molar-refractivity contribution in [1.82, 2.24) is 4.90 Å². The zero-order chi connectivity index (χ0) is 16.6. The molecule has 0 atom stereocenters. The number of benzene rings is 2. The molecule has 3 N–H and O–H groups in total. The number of hydrogen-bond donors (Lipinski definition) is 2. The van der Waals surface area contributed by atoms with E-state index in [9.17, 15) is 14.4 Å². The largest absolute Gasteiger partial charge is 0.368 e. The smallest absolute Gasteiger partial charge is 0.313 e. The van der Waals surface area contributed by atoms with Crippen molar-refractivity contribution in [1.29, 1.82) is 0 Å². The molecule has 0 fully saturated rings. The Hall–Kier alpha value is -2.89. The number of carbonyl (C=O) groups is 3. The van der Waals surface area contributed by atoms with Crippen LogP contribution >= 0.6 is 0 Å².